The molecule has 0 bridgehead atoms. The zero-order chi connectivity index (χ0) is 14.8. The van der Waals surface area contributed by atoms with Crippen molar-refractivity contribution in [2.75, 3.05) is 13.1 Å². The summed E-state index contributed by atoms with van der Waals surface area (Å²) in [7, 11) is 0. The molecule has 0 aromatic carbocycles. The van der Waals surface area contributed by atoms with Gasteiger partial charge in [-0.1, -0.05) is 17.8 Å². The third kappa shape index (κ3) is 2.93. The minimum Gasteiger partial charge on any atom is -0.410 e. The Balaban J connectivity index is 1.66. The van der Waals surface area contributed by atoms with Gasteiger partial charge in [0.1, 0.15) is 0 Å². The number of thioether (sulfide) groups is 1. The largest absolute Gasteiger partial charge is 0.410 e. The predicted molar refractivity (Wildman–Crippen MR) is 78.0 cm³/mol. The van der Waals surface area contributed by atoms with E-state index in [0.717, 1.165) is 16.6 Å². The number of nitrogens with one attached hydrogen (secondary N) is 1. The van der Waals surface area contributed by atoms with Gasteiger partial charge < -0.3 is 9.73 Å². The number of urea groups is 1. The third-order valence-electron chi connectivity index (χ3n) is 2.89. The van der Waals surface area contributed by atoms with E-state index in [1.54, 1.807) is 6.92 Å². The Bertz CT molecular complexity index is 655. The van der Waals surface area contributed by atoms with Crippen LogP contribution in [0.1, 0.15) is 6.92 Å². The van der Waals surface area contributed by atoms with E-state index >= 15 is 0 Å². The van der Waals surface area contributed by atoms with Gasteiger partial charge in [-0.2, -0.15) is 0 Å². The fraction of sp³-hybridized carbons (Fsp3) is 0.333. The molecule has 9 heteroatoms. The number of nitrogens with zero attached hydrogens (tertiary/aromatic N) is 3. The second-order valence-electron chi connectivity index (χ2n) is 4.33. The number of hydrogen-bond acceptors (Lipinski definition) is 7. The molecule has 3 rings (SSSR count). The average Bonchev–Trinajstić information content (AvgIpc) is 3.17. The minimum atomic E-state index is -0.467. The molecule has 1 aliphatic rings. The van der Waals surface area contributed by atoms with E-state index in [1.807, 2.05) is 17.5 Å². The number of rotatable bonds is 4. The lowest BCUT2D eigenvalue weighted by atomic mass is 10.4. The summed E-state index contributed by atoms with van der Waals surface area (Å²) in [6.07, 6.45) is 0. The number of carbonyl (C=O) groups excluding carboxylic acids is 2. The van der Waals surface area contributed by atoms with Gasteiger partial charge in [-0.25, -0.2) is 4.79 Å². The van der Waals surface area contributed by atoms with Gasteiger partial charge in [0.15, 0.2) is 0 Å². The first-order valence-electron chi connectivity index (χ1n) is 6.28. The second-order valence-corrected chi connectivity index (χ2v) is 6.57. The number of thiophene rings is 1. The normalized spacial score (nSPS) is 16.0. The number of imide groups is 1. The maximum absolute atomic E-state index is 12.2. The van der Waals surface area contributed by atoms with Crippen LogP contribution in [0.25, 0.3) is 10.8 Å². The fourth-order valence-electron chi connectivity index (χ4n) is 1.86. The molecule has 2 aromatic heterocycles. The van der Waals surface area contributed by atoms with Gasteiger partial charge in [-0.05, 0) is 18.4 Å². The van der Waals surface area contributed by atoms with Crippen molar-refractivity contribution in [1.82, 2.24) is 20.4 Å². The van der Waals surface area contributed by atoms with Crippen LogP contribution in [0.5, 0.6) is 0 Å². The number of amides is 3. The SMILES string of the molecule is C[C@H](Sc1nnc(-c2cccs2)o1)C(=O)N1CCNC1=O. The van der Waals surface area contributed by atoms with E-state index in [2.05, 4.69) is 15.5 Å². The Morgan fingerprint density at radius 1 is 1.57 bits per heavy atom. The Morgan fingerprint density at radius 2 is 2.43 bits per heavy atom. The van der Waals surface area contributed by atoms with E-state index in [9.17, 15) is 9.59 Å². The summed E-state index contributed by atoms with van der Waals surface area (Å²) in [6.45, 7) is 2.60. The summed E-state index contributed by atoms with van der Waals surface area (Å²) >= 11 is 2.65. The predicted octanol–water partition coefficient (Wildman–Crippen LogP) is 1.83. The molecule has 2 aromatic rings. The summed E-state index contributed by atoms with van der Waals surface area (Å²) in [5.74, 6) is 0.178. The molecule has 1 aliphatic heterocycles. The van der Waals surface area contributed by atoms with Crippen LogP contribution in [0.4, 0.5) is 4.79 Å². The molecular formula is C12H12N4O3S2. The molecule has 3 heterocycles. The van der Waals surface area contributed by atoms with Gasteiger partial charge in [0, 0.05) is 13.1 Å². The second kappa shape index (κ2) is 5.86. The molecule has 1 fully saturated rings. The van der Waals surface area contributed by atoms with Crippen LogP contribution in [-0.4, -0.2) is 45.4 Å². The lowest BCUT2D eigenvalue weighted by molar-refractivity contribution is -0.126. The maximum Gasteiger partial charge on any atom is 0.324 e. The average molecular weight is 324 g/mol. The van der Waals surface area contributed by atoms with Gasteiger partial charge in [-0.15, -0.1) is 21.5 Å². The molecule has 0 aliphatic carbocycles. The molecule has 0 unspecified atom stereocenters. The summed E-state index contributed by atoms with van der Waals surface area (Å²) < 4.78 is 5.52. The van der Waals surface area contributed by atoms with Gasteiger partial charge in [0.05, 0.1) is 10.1 Å². The molecule has 0 saturated carbocycles. The quantitative estimate of drug-likeness (QED) is 0.863. The Hall–Kier alpha value is -1.87. The van der Waals surface area contributed by atoms with Gasteiger partial charge in [0.2, 0.25) is 5.91 Å². The van der Waals surface area contributed by atoms with Crippen molar-refractivity contribution in [1.29, 1.82) is 0 Å². The maximum atomic E-state index is 12.2. The van der Waals surface area contributed by atoms with Crippen molar-refractivity contribution < 1.29 is 14.0 Å². The molecule has 1 N–H and O–H groups in total. The molecule has 1 atom stereocenters. The highest BCUT2D eigenvalue weighted by Crippen LogP contribution is 2.29. The standard InChI is InChI=1S/C12H12N4O3S2/c1-7(10(17)16-5-4-13-11(16)18)21-12-15-14-9(19-12)8-3-2-6-20-8/h2-3,6-7H,4-5H2,1H3,(H,13,18)/t7-/m0/s1. The minimum absolute atomic E-state index is 0.258. The van der Waals surface area contributed by atoms with Crippen LogP contribution in [0, 0.1) is 0 Å². The van der Waals surface area contributed by atoms with Gasteiger partial charge >= 0.3 is 6.03 Å². The fourth-order valence-corrected chi connectivity index (χ4v) is 3.25. The first-order valence-corrected chi connectivity index (χ1v) is 8.04. The van der Waals surface area contributed by atoms with Crippen molar-refractivity contribution >= 4 is 35.0 Å². The van der Waals surface area contributed by atoms with Crippen LogP contribution in [-0.2, 0) is 4.79 Å². The van der Waals surface area contributed by atoms with Crippen molar-refractivity contribution in [3.63, 3.8) is 0 Å². The topological polar surface area (TPSA) is 88.3 Å². The molecule has 3 amide bonds. The van der Waals surface area contributed by atoms with E-state index < -0.39 is 5.25 Å². The first-order chi connectivity index (χ1) is 10.1. The van der Waals surface area contributed by atoms with E-state index in [1.165, 1.54) is 16.2 Å². The monoisotopic (exact) mass is 324 g/mol. The summed E-state index contributed by atoms with van der Waals surface area (Å²) in [6, 6.07) is 3.43. The molecule has 21 heavy (non-hydrogen) atoms. The van der Waals surface area contributed by atoms with E-state index in [0.29, 0.717) is 24.2 Å². The van der Waals surface area contributed by atoms with Crippen molar-refractivity contribution in [3.8, 4) is 10.8 Å². The molecule has 110 valence electrons. The molecular weight excluding hydrogens is 312 g/mol. The lowest BCUT2D eigenvalue weighted by Gasteiger charge is -2.15. The van der Waals surface area contributed by atoms with Crippen LogP contribution < -0.4 is 5.32 Å². The van der Waals surface area contributed by atoms with Crippen molar-refractivity contribution in [2.45, 2.75) is 17.4 Å². The van der Waals surface area contributed by atoms with Crippen LogP contribution >= 0.6 is 23.1 Å². The van der Waals surface area contributed by atoms with Gasteiger partial charge in [0.25, 0.3) is 11.1 Å². The third-order valence-corrected chi connectivity index (χ3v) is 4.67. The van der Waals surface area contributed by atoms with Crippen LogP contribution in [0.15, 0.2) is 27.2 Å². The molecule has 0 radical (unpaired) electrons. The smallest absolute Gasteiger partial charge is 0.324 e. The highest BCUT2D eigenvalue weighted by Gasteiger charge is 2.31. The number of carbonyl (C=O) groups is 2. The zero-order valence-corrected chi connectivity index (χ0v) is 12.7. The summed E-state index contributed by atoms with van der Waals surface area (Å²) in [4.78, 5) is 25.7. The van der Waals surface area contributed by atoms with Crippen molar-refractivity contribution in [3.05, 3.63) is 17.5 Å². The highest BCUT2D eigenvalue weighted by molar-refractivity contribution is 8.00. The number of hydrogen-bond donors (Lipinski definition) is 1. The summed E-state index contributed by atoms with van der Waals surface area (Å²) in [5, 5.41) is 12.2. The van der Waals surface area contributed by atoms with E-state index in [4.69, 9.17) is 4.42 Å². The van der Waals surface area contributed by atoms with Crippen LogP contribution in [0.3, 0.4) is 0 Å². The van der Waals surface area contributed by atoms with Crippen molar-refractivity contribution in [2.24, 2.45) is 0 Å². The molecule has 7 nitrogen and oxygen atoms in total. The molecule has 0 spiro atoms. The molecule has 1 saturated heterocycles. The van der Waals surface area contributed by atoms with E-state index in [-0.39, 0.29) is 11.9 Å². The highest BCUT2D eigenvalue weighted by atomic mass is 32.2. The lowest BCUT2D eigenvalue weighted by Crippen LogP contribution is -2.38. The number of aromatic nitrogens is 2. The van der Waals surface area contributed by atoms with Crippen LogP contribution in [0.2, 0.25) is 0 Å². The summed E-state index contributed by atoms with van der Waals surface area (Å²) in [5.41, 5.74) is 0. The Labute approximate surface area is 128 Å². The Kier molecular flexibility index (Phi) is 3.93. The van der Waals surface area contributed by atoms with Gasteiger partial charge in [-0.3, -0.25) is 9.69 Å². The Morgan fingerprint density at radius 3 is 3.10 bits per heavy atom. The zero-order valence-electron chi connectivity index (χ0n) is 11.1. The first kappa shape index (κ1) is 14.1.